The number of carbonyl (C=O) groups excluding carboxylic acids is 1. The quantitative estimate of drug-likeness (QED) is 0.445. The summed E-state index contributed by atoms with van der Waals surface area (Å²) >= 11 is 0. The van der Waals surface area contributed by atoms with Gasteiger partial charge in [0.25, 0.3) is 5.91 Å². The van der Waals surface area contributed by atoms with E-state index in [0.717, 1.165) is 5.56 Å². The second-order valence-electron chi connectivity index (χ2n) is 4.09. The van der Waals surface area contributed by atoms with Crippen LogP contribution in [0.3, 0.4) is 0 Å². The van der Waals surface area contributed by atoms with Crippen LogP contribution >= 0.6 is 0 Å². The molecule has 1 amide bonds. The van der Waals surface area contributed by atoms with Gasteiger partial charge in [0.2, 0.25) is 0 Å². The van der Waals surface area contributed by atoms with Gasteiger partial charge in [0.15, 0.2) is 0 Å². The Balaban J connectivity index is 2.57. The molecule has 2 N–H and O–H groups in total. The molecule has 6 nitrogen and oxygen atoms in total. The lowest BCUT2D eigenvalue weighted by atomic mass is 10.2. The van der Waals surface area contributed by atoms with Crippen LogP contribution < -0.4 is 10.6 Å². The van der Waals surface area contributed by atoms with Crippen molar-refractivity contribution in [2.75, 3.05) is 25.6 Å². The van der Waals surface area contributed by atoms with E-state index in [-0.39, 0.29) is 5.57 Å². The van der Waals surface area contributed by atoms with Crippen molar-refractivity contribution in [3.05, 3.63) is 35.7 Å². The van der Waals surface area contributed by atoms with E-state index in [9.17, 15) is 4.79 Å². The number of aryl methyl sites for hydroxylation is 1. The van der Waals surface area contributed by atoms with Gasteiger partial charge in [-0.25, -0.2) is 4.98 Å². The van der Waals surface area contributed by atoms with E-state index >= 15 is 0 Å². The molecule has 0 bridgehead atoms. The zero-order valence-electron chi connectivity index (χ0n) is 11.6. The maximum Gasteiger partial charge on any atom is 0.263 e. The van der Waals surface area contributed by atoms with E-state index in [2.05, 4.69) is 15.6 Å². The van der Waals surface area contributed by atoms with Crippen LogP contribution in [-0.4, -0.2) is 31.2 Å². The van der Waals surface area contributed by atoms with Crippen LogP contribution in [0.15, 0.2) is 30.1 Å². The number of rotatable bonds is 7. The van der Waals surface area contributed by atoms with Crippen molar-refractivity contribution >= 4 is 11.7 Å². The van der Waals surface area contributed by atoms with Gasteiger partial charge < -0.3 is 15.4 Å². The average molecular weight is 274 g/mol. The van der Waals surface area contributed by atoms with Crippen LogP contribution in [0.25, 0.3) is 0 Å². The molecule has 0 unspecified atom stereocenters. The summed E-state index contributed by atoms with van der Waals surface area (Å²) < 4.78 is 4.88. The molecule has 6 heteroatoms. The minimum Gasteiger partial charge on any atom is -0.385 e. The monoisotopic (exact) mass is 274 g/mol. The summed E-state index contributed by atoms with van der Waals surface area (Å²) in [5.41, 5.74) is 0.939. The predicted octanol–water partition coefficient (Wildman–Crippen LogP) is 1.36. The second kappa shape index (κ2) is 8.67. The van der Waals surface area contributed by atoms with Gasteiger partial charge >= 0.3 is 0 Å². The van der Waals surface area contributed by atoms with Gasteiger partial charge in [0.05, 0.1) is 0 Å². The summed E-state index contributed by atoms with van der Waals surface area (Å²) in [6.07, 6.45) is 3.70. The van der Waals surface area contributed by atoms with E-state index in [1.54, 1.807) is 13.3 Å². The van der Waals surface area contributed by atoms with E-state index in [1.807, 2.05) is 25.1 Å². The van der Waals surface area contributed by atoms with Crippen LogP contribution in [-0.2, 0) is 9.53 Å². The summed E-state index contributed by atoms with van der Waals surface area (Å²) in [5, 5.41) is 14.5. The Kier molecular flexibility index (Phi) is 6.79. The molecule has 1 aromatic rings. The maximum atomic E-state index is 11.7. The van der Waals surface area contributed by atoms with Crippen LogP contribution in [0.2, 0.25) is 0 Å². The number of hydrogen-bond donors (Lipinski definition) is 2. The zero-order valence-corrected chi connectivity index (χ0v) is 11.6. The summed E-state index contributed by atoms with van der Waals surface area (Å²) in [6.45, 7) is 2.92. The highest BCUT2D eigenvalue weighted by atomic mass is 16.5. The number of nitrogens with zero attached hydrogens (tertiary/aromatic N) is 2. The van der Waals surface area contributed by atoms with Gasteiger partial charge in [-0.15, -0.1) is 0 Å². The molecule has 0 spiro atoms. The Labute approximate surface area is 118 Å². The molecule has 0 aliphatic rings. The molecule has 106 valence electrons. The van der Waals surface area contributed by atoms with Crippen LogP contribution in [0, 0.1) is 18.3 Å². The number of ether oxygens (including phenoxy) is 1. The molecule has 0 aliphatic carbocycles. The first-order valence-corrected chi connectivity index (χ1v) is 6.24. The Morgan fingerprint density at radius 2 is 2.40 bits per heavy atom. The van der Waals surface area contributed by atoms with Crippen LogP contribution in [0.5, 0.6) is 0 Å². The summed E-state index contributed by atoms with van der Waals surface area (Å²) in [7, 11) is 1.60. The van der Waals surface area contributed by atoms with Gasteiger partial charge in [0.1, 0.15) is 17.5 Å². The third kappa shape index (κ3) is 5.08. The van der Waals surface area contributed by atoms with Crippen LogP contribution in [0.1, 0.15) is 12.0 Å². The molecule has 0 atom stereocenters. The minimum absolute atomic E-state index is 0.00692. The number of anilines is 1. The Morgan fingerprint density at radius 1 is 1.60 bits per heavy atom. The van der Waals surface area contributed by atoms with Crippen molar-refractivity contribution in [3.8, 4) is 6.07 Å². The lowest BCUT2D eigenvalue weighted by Gasteiger charge is -2.05. The predicted molar refractivity (Wildman–Crippen MR) is 75.8 cm³/mol. The fraction of sp³-hybridized carbons (Fsp3) is 0.357. The first-order chi connectivity index (χ1) is 9.69. The molecular formula is C14H18N4O2. The fourth-order valence-corrected chi connectivity index (χ4v) is 1.44. The molecule has 0 radical (unpaired) electrons. The SMILES string of the molecule is COCCCNC(=O)/C(C#N)=C\Nc1ncccc1C. The molecule has 0 saturated heterocycles. The van der Waals surface area contributed by atoms with Crippen molar-refractivity contribution in [1.29, 1.82) is 5.26 Å². The first kappa shape index (κ1) is 15.7. The molecule has 1 aromatic heterocycles. The third-order valence-corrected chi connectivity index (χ3v) is 2.54. The van der Waals surface area contributed by atoms with Crippen LogP contribution in [0.4, 0.5) is 5.82 Å². The van der Waals surface area contributed by atoms with E-state index in [1.165, 1.54) is 6.20 Å². The Hall–Kier alpha value is -2.39. The highest BCUT2D eigenvalue weighted by molar-refractivity contribution is 5.97. The number of amides is 1. The number of hydrogen-bond acceptors (Lipinski definition) is 5. The molecule has 0 aromatic carbocycles. The summed E-state index contributed by atoms with van der Waals surface area (Å²) in [4.78, 5) is 15.9. The van der Waals surface area contributed by atoms with Gasteiger partial charge in [-0.2, -0.15) is 5.26 Å². The Bertz CT molecular complexity index is 520. The standard InChI is InChI=1S/C14H18N4O2/c1-11-5-3-6-16-13(11)18-10-12(9-15)14(19)17-7-4-8-20-2/h3,5-6,10H,4,7-8H2,1-2H3,(H,16,18)(H,17,19)/b12-10-. The van der Waals surface area contributed by atoms with Gasteiger partial charge in [-0.3, -0.25) is 4.79 Å². The largest absolute Gasteiger partial charge is 0.385 e. The lowest BCUT2D eigenvalue weighted by molar-refractivity contribution is -0.117. The summed E-state index contributed by atoms with van der Waals surface area (Å²) in [6, 6.07) is 5.57. The van der Waals surface area contributed by atoms with Crippen molar-refractivity contribution in [2.45, 2.75) is 13.3 Å². The molecule has 1 heterocycles. The summed E-state index contributed by atoms with van der Waals surface area (Å²) in [5.74, 6) is 0.206. The topological polar surface area (TPSA) is 87.0 Å². The number of methoxy groups -OCH3 is 1. The van der Waals surface area contributed by atoms with E-state index in [0.29, 0.717) is 25.4 Å². The number of carbonyl (C=O) groups is 1. The second-order valence-corrected chi connectivity index (χ2v) is 4.09. The lowest BCUT2D eigenvalue weighted by Crippen LogP contribution is -2.26. The number of nitrogens with one attached hydrogen (secondary N) is 2. The maximum absolute atomic E-state index is 11.7. The van der Waals surface area contributed by atoms with Crippen molar-refractivity contribution in [2.24, 2.45) is 0 Å². The average Bonchev–Trinajstić information content (AvgIpc) is 2.46. The van der Waals surface area contributed by atoms with Gasteiger partial charge in [0, 0.05) is 32.7 Å². The molecular weight excluding hydrogens is 256 g/mol. The normalized spacial score (nSPS) is 10.8. The smallest absolute Gasteiger partial charge is 0.263 e. The molecule has 1 rings (SSSR count). The molecule has 20 heavy (non-hydrogen) atoms. The molecule has 0 aliphatic heterocycles. The number of pyridine rings is 1. The highest BCUT2D eigenvalue weighted by Crippen LogP contribution is 2.09. The minimum atomic E-state index is -0.412. The van der Waals surface area contributed by atoms with Gasteiger partial charge in [-0.1, -0.05) is 6.07 Å². The third-order valence-electron chi connectivity index (χ3n) is 2.54. The molecule has 0 saturated carbocycles. The zero-order chi connectivity index (χ0) is 14.8. The molecule has 0 fully saturated rings. The van der Waals surface area contributed by atoms with Crippen molar-refractivity contribution in [1.82, 2.24) is 10.3 Å². The highest BCUT2D eigenvalue weighted by Gasteiger charge is 2.08. The number of nitriles is 1. The van der Waals surface area contributed by atoms with Crippen molar-refractivity contribution < 1.29 is 9.53 Å². The van der Waals surface area contributed by atoms with E-state index < -0.39 is 5.91 Å². The number of aromatic nitrogens is 1. The Morgan fingerprint density at radius 3 is 3.05 bits per heavy atom. The van der Waals surface area contributed by atoms with Gasteiger partial charge in [-0.05, 0) is 25.0 Å². The van der Waals surface area contributed by atoms with E-state index in [4.69, 9.17) is 10.00 Å². The fourth-order valence-electron chi connectivity index (χ4n) is 1.44. The van der Waals surface area contributed by atoms with Crippen molar-refractivity contribution in [3.63, 3.8) is 0 Å². The first-order valence-electron chi connectivity index (χ1n) is 6.24.